The first-order valence-electron chi connectivity index (χ1n) is 16.9. The number of rotatable bonds is 18. The molecule has 2 heteroatoms. The van der Waals surface area contributed by atoms with E-state index in [1.807, 2.05) is 0 Å². The SMILES string of the molecule is CCCCCCCCCC[C@H]1CCC2C(CCC3C[C@@H](OC(=O)CCCCCCCCC)CCC32)C1. The summed E-state index contributed by atoms with van der Waals surface area (Å²) >= 11 is 0. The Labute approximate surface area is 225 Å². The maximum Gasteiger partial charge on any atom is 0.306 e. The Hall–Kier alpha value is -0.530. The smallest absolute Gasteiger partial charge is 0.306 e. The summed E-state index contributed by atoms with van der Waals surface area (Å²) in [7, 11) is 0. The number of ether oxygens (including phenoxy) is 1. The molecule has 0 spiro atoms. The van der Waals surface area contributed by atoms with E-state index in [4.69, 9.17) is 4.74 Å². The van der Waals surface area contributed by atoms with Crippen molar-refractivity contribution in [2.45, 2.75) is 180 Å². The van der Waals surface area contributed by atoms with Crippen LogP contribution in [0.15, 0.2) is 0 Å². The van der Waals surface area contributed by atoms with Crippen molar-refractivity contribution < 1.29 is 9.53 Å². The Morgan fingerprint density at radius 2 is 1.11 bits per heavy atom. The normalized spacial score (nSPS) is 29.9. The molecule has 210 valence electrons. The van der Waals surface area contributed by atoms with Gasteiger partial charge in [-0.15, -0.1) is 0 Å². The average Bonchev–Trinajstić information content (AvgIpc) is 2.89. The second-order valence-corrected chi connectivity index (χ2v) is 13.2. The fraction of sp³-hybridized carbons (Fsp3) is 0.971. The number of carbonyl (C=O) groups is 1. The first-order chi connectivity index (χ1) is 17.7. The van der Waals surface area contributed by atoms with Crippen LogP contribution in [0.1, 0.15) is 174 Å². The molecular weight excluding hydrogens is 440 g/mol. The zero-order valence-electron chi connectivity index (χ0n) is 24.5. The predicted molar refractivity (Wildman–Crippen MR) is 154 cm³/mol. The van der Waals surface area contributed by atoms with Crippen molar-refractivity contribution in [3.8, 4) is 0 Å². The summed E-state index contributed by atoms with van der Waals surface area (Å²) in [4.78, 5) is 12.4. The highest BCUT2D eigenvalue weighted by Crippen LogP contribution is 2.53. The Bertz CT molecular complexity index is 572. The summed E-state index contributed by atoms with van der Waals surface area (Å²) in [5, 5.41) is 0. The molecule has 4 unspecified atom stereocenters. The van der Waals surface area contributed by atoms with Gasteiger partial charge in [0.25, 0.3) is 0 Å². The van der Waals surface area contributed by atoms with Crippen LogP contribution in [0.3, 0.4) is 0 Å². The van der Waals surface area contributed by atoms with Gasteiger partial charge < -0.3 is 4.74 Å². The molecule has 2 nitrogen and oxygen atoms in total. The Morgan fingerprint density at radius 1 is 0.583 bits per heavy atom. The van der Waals surface area contributed by atoms with Crippen molar-refractivity contribution in [3.05, 3.63) is 0 Å². The molecule has 6 atom stereocenters. The van der Waals surface area contributed by atoms with Crippen molar-refractivity contribution in [2.75, 3.05) is 0 Å². The fourth-order valence-electron chi connectivity index (χ4n) is 8.26. The van der Waals surface area contributed by atoms with E-state index in [0.29, 0.717) is 6.42 Å². The van der Waals surface area contributed by atoms with Gasteiger partial charge in [-0.3, -0.25) is 4.79 Å². The average molecular weight is 503 g/mol. The summed E-state index contributed by atoms with van der Waals surface area (Å²) in [6.07, 6.45) is 33.8. The molecule has 3 aliphatic carbocycles. The van der Waals surface area contributed by atoms with E-state index < -0.39 is 0 Å². The predicted octanol–water partition coefficient (Wildman–Crippen LogP) is 10.8. The second kappa shape index (κ2) is 17.9. The number of unbranched alkanes of at least 4 members (excludes halogenated alkanes) is 13. The van der Waals surface area contributed by atoms with Gasteiger partial charge in [-0.25, -0.2) is 0 Å². The van der Waals surface area contributed by atoms with Gasteiger partial charge in [-0.2, -0.15) is 0 Å². The Balaban J connectivity index is 1.26. The molecule has 0 radical (unpaired) electrons. The molecule has 0 bridgehead atoms. The molecule has 0 N–H and O–H groups in total. The van der Waals surface area contributed by atoms with Gasteiger partial charge in [0.15, 0.2) is 0 Å². The molecule has 3 saturated carbocycles. The Kier molecular flexibility index (Phi) is 14.9. The van der Waals surface area contributed by atoms with E-state index in [0.717, 1.165) is 42.4 Å². The lowest BCUT2D eigenvalue weighted by molar-refractivity contribution is -0.153. The molecule has 3 aliphatic rings. The van der Waals surface area contributed by atoms with E-state index in [1.165, 1.54) is 141 Å². The molecule has 3 fully saturated rings. The van der Waals surface area contributed by atoms with E-state index >= 15 is 0 Å². The lowest BCUT2D eigenvalue weighted by Gasteiger charge is -2.50. The van der Waals surface area contributed by atoms with E-state index in [9.17, 15) is 4.79 Å². The van der Waals surface area contributed by atoms with Crippen LogP contribution in [0.2, 0.25) is 0 Å². The third-order valence-corrected chi connectivity index (χ3v) is 10.3. The third-order valence-electron chi connectivity index (χ3n) is 10.3. The van der Waals surface area contributed by atoms with Crippen LogP contribution in [0.5, 0.6) is 0 Å². The molecule has 0 heterocycles. The fourth-order valence-corrected chi connectivity index (χ4v) is 8.26. The molecular formula is C34H62O2. The number of hydrogen-bond acceptors (Lipinski definition) is 2. The van der Waals surface area contributed by atoms with Gasteiger partial charge in [0, 0.05) is 6.42 Å². The minimum absolute atomic E-state index is 0.0853. The van der Waals surface area contributed by atoms with Crippen molar-refractivity contribution in [1.29, 1.82) is 0 Å². The van der Waals surface area contributed by atoms with Crippen LogP contribution in [0, 0.1) is 29.6 Å². The maximum absolute atomic E-state index is 12.4. The number of carbonyl (C=O) groups excluding carboxylic acids is 1. The zero-order chi connectivity index (χ0) is 25.4. The molecule has 3 rings (SSSR count). The Morgan fingerprint density at radius 3 is 1.75 bits per heavy atom. The van der Waals surface area contributed by atoms with Crippen LogP contribution in [-0.2, 0) is 9.53 Å². The molecule has 0 aromatic carbocycles. The molecule has 0 aromatic rings. The van der Waals surface area contributed by atoms with Crippen LogP contribution >= 0.6 is 0 Å². The number of fused-ring (bicyclic) bond motifs is 3. The summed E-state index contributed by atoms with van der Waals surface area (Å²) in [5.74, 6) is 4.87. The molecule has 0 amide bonds. The monoisotopic (exact) mass is 502 g/mol. The first-order valence-corrected chi connectivity index (χ1v) is 16.9. The highest BCUT2D eigenvalue weighted by atomic mass is 16.5. The van der Waals surface area contributed by atoms with Crippen LogP contribution in [0.4, 0.5) is 0 Å². The largest absolute Gasteiger partial charge is 0.462 e. The highest BCUT2D eigenvalue weighted by molar-refractivity contribution is 5.69. The van der Waals surface area contributed by atoms with Crippen LogP contribution in [0.25, 0.3) is 0 Å². The van der Waals surface area contributed by atoms with E-state index in [-0.39, 0.29) is 12.1 Å². The second-order valence-electron chi connectivity index (χ2n) is 13.2. The quantitative estimate of drug-likeness (QED) is 0.138. The van der Waals surface area contributed by atoms with Gasteiger partial charge in [-0.05, 0) is 81.0 Å². The summed E-state index contributed by atoms with van der Waals surface area (Å²) in [5.41, 5.74) is 0. The van der Waals surface area contributed by atoms with Crippen LogP contribution < -0.4 is 0 Å². The highest BCUT2D eigenvalue weighted by Gasteiger charge is 2.45. The third kappa shape index (κ3) is 10.7. The van der Waals surface area contributed by atoms with Crippen molar-refractivity contribution >= 4 is 5.97 Å². The lowest BCUT2D eigenvalue weighted by atomic mass is 9.56. The standard InChI is InChI=1S/C34H62O2/c1-3-5-7-9-11-13-14-16-18-28-20-24-32-29(26-28)21-22-30-27-31(23-25-33(30)32)36-34(35)19-17-15-12-10-8-6-4-2/h28-33H,3-27H2,1-2H3/t28-,29?,30?,31-,32?,33?/m0/s1. The minimum Gasteiger partial charge on any atom is -0.462 e. The van der Waals surface area contributed by atoms with Crippen LogP contribution in [-0.4, -0.2) is 12.1 Å². The lowest BCUT2D eigenvalue weighted by Crippen LogP contribution is -2.43. The zero-order valence-corrected chi connectivity index (χ0v) is 24.5. The molecule has 0 saturated heterocycles. The molecule has 0 aliphatic heterocycles. The van der Waals surface area contributed by atoms with Crippen molar-refractivity contribution in [2.24, 2.45) is 29.6 Å². The van der Waals surface area contributed by atoms with Gasteiger partial charge >= 0.3 is 5.97 Å². The van der Waals surface area contributed by atoms with Gasteiger partial charge in [0.1, 0.15) is 6.10 Å². The van der Waals surface area contributed by atoms with Crippen molar-refractivity contribution in [3.63, 3.8) is 0 Å². The van der Waals surface area contributed by atoms with E-state index in [2.05, 4.69) is 13.8 Å². The molecule has 0 aromatic heterocycles. The summed E-state index contributed by atoms with van der Waals surface area (Å²) in [6.45, 7) is 4.57. The molecule has 36 heavy (non-hydrogen) atoms. The maximum atomic E-state index is 12.4. The van der Waals surface area contributed by atoms with Gasteiger partial charge in [0.05, 0.1) is 0 Å². The summed E-state index contributed by atoms with van der Waals surface area (Å²) < 4.78 is 5.99. The van der Waals surface area contributed by atoms with Gasteiger partial charge in [0.2, 0.25) is 0 Å². The van der Waals surface area contributed by atoms with Crippen molar-refractivity contribution in [1.82, 2.24) is 0 Å². The minimum atomic E-state index is 0.0853. The topological polar surface area (TPSA) is 26.3 Å². The van der Waals surface area contributed by atoms with Gasteiger partial charge in [-0.1, -0.05) is 117 Å². The number of esters is 1. The van der Waals surface area contributed by atoms with E-state index in [1.54, 1.807) is 0 Å². The first kappa shape index (κ1) is 30.0. The summed E-state index contributed by atoms with van der Waals surface area (Å²) in [6, 6.07) is 0. The number of hydrogen-bond donors (Lipinski definition) is 0.